The van der Waals surface area contributed by atoms with Crippen molar-refractivity contribution in [1.29, 1.82) is 5.26 Å². The van der Waals surface area contributed by atoms with Crippen LogP contribution in [0.2, 0.25) is 0 Å². The van der Waals surface area contributed by atoms with Crippen LogP contribution >= 0.6 is 0 Å². The predicted octanol–water partition coefficient (Wildman–Crippen LogP) is 13.6. The predicted molar refractivity (Wildman–Crippen MR) is 247 cm³/mol. The minimum atomic E-state index is -0.634. The third kappa shape index (κ3) is 6.03. The van der Waals surface area contributed by atoms with Crippen molar-refractivity contribution in [2.75, 3.05) is 0 Å². The van der Waals surface area contributed by atoms with Gasteiger partial charge in [-0.15, -0.1) is 0 Å². The van der Waals surface area contributed by atoms with E-state index in [1.807, 2.05) is 66.7 Å². The van der Waals surface area contributed by atoms with E-state index in [1.165, 1.54) is 33.4 Å². The van der Waals surface area contributed by atoms with Crippen molar-refractivity contribution in [3.63, 3.8) is 0 Å². The van der Waals surface area contributed by atoms with Crippen LogP contribution in [-0.2, 0) is 5.41 Å². The highest BCUT2D eigenvalue weighted by Crippen LogP contribution is 2.60. The summed E-state index contributed by atoms with van der Waals surface area (Å²) in [6.07, 6.45) is 0. The molecule has 0 unspecified atom stereocenters. The van der Waals surface area contributed by atoms with Crippen LogP contribution in [0.15, 0.2) is 218 Å². The lowest BCUT2D eigenvalue weighted by Gasteiger charge is -2.35. The van der Waals surface area contributed by atoms with Crippen LogP contribution in [-0.4, -0.2) is 15.0 Å². The molecule has 284 valence electrons. The zero-order chi connectivity index (χ0) is 40.8. The zero-order valence-electron chi connectivity index (χ0n) is 33.1. The fraction of sp³-hybridized carbons (Fsp3) is 0.0175. The van der Waals surface area contributed by atoms with E-state index in [2.05, 4.69) is 158 Å². The molecule has 10 aromatic rings. The smallest absolute Gasteiger partial charge is 0.164 e. The van der Waals surface area contributed by atoms with Crippen molar-refractivity contribution in [3.8, 4) is 73.6 Å². The van der Waals surface area contributed by atoms with Crippen molar-refractivity contribution in [1.82, 2.24) is 15.0 Å². The average Bonchev–Trinajstić information content (AvgIpc) is 3.67. The van der Waals surface area contributed by atoms with Gasteiger partial charge in [-0.1, -0.05) is 188 Å². The summed E-state index contributed by atoms with van der Waals surface area (Å²) < 4.78 is 0. The molecule has 4 nitrogen and oxygen atoms in total. The maximum absolute atomic E-state index is 10.2. The first-order valence-electron chi connectivity index (χ1n) is 20.5. The molecule has 0 fully saturated rings. The molecule has 1 aliphatic carbocycles. The van der Waals surface area contributed by atoms with Crippen molar-refractivity contribution >= 4 is 10.8 Å². The van der Waals surface area contributed by atoms with E-state index in [9.17, 15) is 5.26 Å². The van der Waals surface area contributed by atoms with Crippen LogP contribution in [0.3, 0.4) is 0 Å². The topological polar surface area (TPSA) is 62.5 Å². The summed E-state index contributed by atoms with van der Waals surface area (Å²) in [4.78, 5) is 15.0. The Labute approximate surface area is 354 Å². The van der Waals surface area contributed by atoms with Crippen molar-refractivity contribution in [2.45, 2.75) is 5.41 Å². The Morgan fingerprint density at radius 1 is 0.377 bits per heavy atom. The Hall–Kier alpha value is -8.26. The zero-order valence-corrected chi connectivity index (χ0v) is 33.1. The maximum Gasteiger partial charge on any atom is 0.164 e. The van der Waals surface area contributed by atoms with Gasteiger partial charge in [-0.25, -0.2) is 15.0 Å². The van der Waals surface area contributed by atoms with Gasteiger partial charge in [0.25, 0.3) is 0 Å². The van der Waals surface area contributed by atoms with E-state index in [0.717, 1.165) is 49.7 Å². The first-order chi connectivity index (χ1) is 30.2. The van der Waals surface area contributed by atoms with E-state index < -0.39 is 5.41 Å². The van der Waals surface area contributed by atoms with Crippen LogP contribution in [0.5, 0.6) is 0 Å². The molecule has 1 heterocycles. The Bertz CT molecular complexity index is 3200. The summed E-state index contributed by atoms with van der Waals surface area (Å²) in [7, 11) is 0. The molecule has 0 bridgehead atoms. The molecule has 0 radical (unpaired) electrons. The van der Waals surface area contributed by atoms with Gasteiger partial charge in [-0.2, -0.15) is 5.26 Å². The molecule has 61 heavy (non-hydrogen) atoms. The first kappa shape index (κ1) is 35.9. The van der Waals surface area contributed by atoms with Gasteiger partial charge in [0.2, 0.25) is 0 Å². The van der Waals surface area contributed by atoms with Crippen molar-refractivity contribution in [3.05, 3.63) is 246 Å². The lowest BCUT2D eigenvalue weighted by atomic mass is 9.66. The van der Waals surface area contributed by atoms with Gasteiger partial charge in [0.1, 0.15) is 0 Å². The fourth-order valence-electron chi connectivity index (χ4n) is 9.31. The molecule has 4 heteroatoms. The van der Waals surface area contributed by atoms with Crippen LogP contribution in [0.25, 0.3) is 78.3 Å². The number of rotatable bonds is 7. The van der Waals surface area contributed by atoms with Crippen molar-refractivity contribution in [2.24, 2.45) is 0 Å². The number of aromatic nitrogens is 3. The highest BCUT2D eigenvalue weighted by molar-refractivity contribution is 6.07. The Morgan fingerprint density at radius 3 is 1.44 bits per heavy atom. The second-order valence-electron chi connectivity index (χ2n) is 15.4. The molecule has 0 saturated heterocycles. The van der Waals surface area contributed by atoms with Gasteiger partial charge in [0.05, 0.1) is 17.0 Å². The average molecular weight is 777 g/mol. The van der Waals surface area contributed by atoms with E-state index in [-0.39, 0.29) is 0 Å². The van der Waals surface area contributed by atoms with Gasteiger partial charge < -0.3 is 0 Å². The summed E-state index contributed by atoms with van der Waals surface area (Å²) in [6, 6.07) is 78.9. The SMILES string of the molecule is N#Cc1ccc2cc(-c3cccc(-c4cccc(-c5nc(-c6ccccc6)nc(-c6ccccc6)n5)c4)c3)c3c(c2c1)C(c1ccccc1)(c1ccccc1)c1ccccc1-3. The number of nitrogens with zero attached hydrogens (tertiary/aromatic N) is 4. The van der Waals surface area contributed by atoms with E-state index in [1.54, 1.807) is 0 Å². The molecule has 0 saturated carbocycles. The normalized spacial score (nSPS) is 12.4. The van der Waals surface area contributed by atoms with E-state index in [4.69, 9.17) is 15.0 Å². The summed E-state index contributed by atoms with van der Waals surface area (Å²) >= 11 is 0. The van der Waals surface area contributed by atoms with Gasteiger partial charge >= 0.3 is 0 Å². The van der Waals surface area contributed by atoms with E-state index >= 15 is 0 Å². The highest BCUT2D eigenvalue weighted by Gasteiger charge is 2.48. The van der Waals surface area contributed by atoms with Gasteiger partial charge in [-0.3, -0.25) is 0 Å². The number of fused-ring (bicyclic) bond motifs is 5. The van der Waals surface area contributed by atoms with Crippen LogP contribution in [0, 0.1) is 11.3 Å². The van der Waals surface area contributed by atoms with Gasteiger partial charge in [0.15, 0.2) is 17.5 Å². The molecule has 0 N–H and O–H groups in total. The molecular weight excluding hydrogens is 741 g/mol. The Kier molecular flexibility index (Phi) is 8.73. The molecule has 0 aliphatic heterocycles. The summed E-state index contributed by atoms with van der Waals surface area (Å²) in [5, 5.41) is 12.4. The number of nitriles is 1. The third-order valence-electron chi connectivity index (χ3n) is 12.0. The second kappa shape index (κ2) is 14.8. The highest BCUT2D eigenvalue weighted by atomic mass is 15.0. The maximum atomic E-state index is 10.2. The summed E-state index contributed by atoms with van der Waals surface area (Å²) in [6.45, 7) is 0. The van der Waals surface area contributed by atoms with Crippen LogP contribution in [0.4, 0.5) is 0 Å². The van der Waals surface area contributed by atoms with Gasteiger partial charge in [0, 0.05) is 16.7 Å². The minimum absolute atomic E-state index is 0.615. The lowest BCUT2D eigenvalue weighted by molar-refractivity contribution is 0.775. The quantitative estimate of drug-likeness (QED) is 0.162. The largest absolute Gasteiger partial charge is 0.208 e. The first-order valence-corrected chi connectivity index (χ1v) is 20.5. The number of hydrogen-bond donors (Lipinski definition) is 0. The van der Waals surface area contributed by atoms with Crippen LogP contribution in [0.1, 0.15) is 27.8 Å². The monoisotopic (exact) mass is 776 g/mol. The molecule has 9 aromatic carbocycles. The Morgan fingerprint density at radius 2 is 0.852 bits per heavy atom. The second-order valence-corrected chi connectivity index (χ2v) is 15.4. The molecule has 0 spiro atoms. The molecular formula is C57H36N4. The summed E-state index contributed by atoms with van der Waals surface area (Å²) in [5.74, 6) is 1.88. The van der Waals surface area contributed by atoms with Crippen molar-refractivity contribution < 1.29 is 0 Å². The summed E-state index contributed by atoms with van der Waals surface area (Å²) in [5.41, 5.74) is 14.3. The minimum Gasteiger partial charge on any atom is -0.208 e. The Balaban J connectivity index is 1.12. The number of benzene rings is 9. The number of hydrogen-bond acceptors (Lipinski definition) is 4. The molecule has 0 amide bonds. The van der Waals surface area contributed by atoms with Gasteiger partial charge in [-0.05, 0) is 96.7 Å². The van der Waals surface area contributed by atoms with E-state index in [0.29, 0.717) is 23.0 Å². The van der Waals surface area contributed by atoms with Crippen LogP contribution < -0.4 is 0 Å². The molecule has 11 rings (SSSR count). The lowest BCUT2D eigenvalue weighted by Crippen LogP contribution is -2.28. The molecule has 1 aromatic heterocycles. The third-order valence-corrected chi connectivity index (χ3v) is 12.0. The molecule has 1 aliphatic rings. The standard InChI is InChI=1S/C57H36N4/c58-37-38-31-32-44-36-49(52-48-29-13-14-30-51(48)57(53(52)50(44)33-38,46-25-9-3-10-26-46)47-27-11-4-12-28-47)43-23-15-21-41(34-43)42-22-16-24-45(35-42)56-60-54(39-17-5-1-6-18-39)59-55(61-56)40-19-7-2-8-20-40/h1-36H. The molecule has 0 atom stereocenters. The fourth-order valence-corrected chi connectivity index (χ4v) is 9.31.